The largest absolute Gasteiger partial charge is 0.444 e. The zero-order valence-electron chi connectivity index (χ0n) is 17.8. The van der Waals surface area contributed by atoms with Crippen LogP contribution in [0.25, 0.3) is 0 Å². The Morgan fingerprint density at radius 1 is 1.14 bits per heavy atom. The minimum atomic E-state index is -0.528. The number of hydrogen-bond donors (Lipinski definition) is 4. The fourth-order valence-electron chi connectivity index (χ4n) is 2.50. The van der Waals surface area contributed by atoms with Crippen molar-refractivity contribution in [3.8, 4) is 0 Å². The highest BCUT2D eigenvalue weighted by molar-refractivity contribution is 5.85. The van der Waals surface area contributed by atoms with Crippen LogP contribution >= 0.6 is 0 Å². The number of hydrogen-bond acceptors (Lipinski definition) is 4. The lowest BCUT2D eigenvalue weighted by molar-refractivity contribution is -0.119. The molecule has 4 N–H and O–H groups in total. The van der Waals surface area contributed by atoms with Gasteiger partial charge in [-0.15, -0.1) is 0 Å². The minimum Gasteiger partial charge on any atom is -0.444 e. The summed E-state index contributed by atoms with van der Waals surface area (Å²) in [7, 11) is 0. The molecule has 0 spiro atoms. The maximum absolute atomic E-state index is 11.8. The maximum atomic E-state index is 11.8. The SMILES string of the molecule is CCNC(=NCC(=O)NC1CC1)NCCc1ccc(NC(=O)OC(C)(C)C)cc1. The van der Waals surface area contributed by atoms with Crippen LogP contribution in [0.1, 0.15) is 46.1 Å². The van der Waals surface area contributed by atoms with Crippen LogP contribution in [0.5, 0.6) is 0 Å². The molecule has 8 heteroatoms. The van der Waals surface area contributed by atoms with Gasteiger partial charge in [0, 0.05) is 24.8 Å². The zero-order valence-corrected chi connectivity index (χ0v) is 17.8. The third-order valence-corrected chi connectivity index (χ3v) is 3.97. The standard InChI is InChI=1S/C21H33N5O3/c1-5-22-19(24-14-18(27)25-16-10-11-16)23-13-12-15-6-8-17(9-7-15)26-20(28)29-21(2,3)4/h6-9,16H,5,10-14H2,1-4H3,(H,25,27)(H,26,28)(H2,22,23,24). The lowest BCUT2D eigenvalue weighted by atomic mass is 10.1. The molecule has 1 aromatic rings. The smallest absolute Gasteiger partial charge is 0.412 e. The zero-order chi connectivity index (χ0) is 21.3. The van der Waals surface area contributed by atoms with Gasteiger partial charge >= 0.3 is 6.09 Å². The summed E-state index contributed by atoms with van der Waals surface area (Å²) in [4.78, 5) is 27.9. The molecule has 0 aromatic heterocycles. The van der Waals surface area contributed by atoms with Crippen molar-refractivity contribution in [2.24, 2.45) is 4.99 Å². The molecule has 0 atom stereocenters. The lowest BCUT2D eigenvalue weighted by Crippen LogP contribution is -2.39. The van der Waals surface area contributed by atoms with Gasteiger partial charge in [-0.05, 0) is 64.7 Å². The van der Waals surface area contributed by atoms with Gasteiger partial charge in [0.15, 0.2) is 5.96 Å². The Hall–Kier alpha value is -2.77. The second-order valence-corrected chi connectivity index (χ2v) is 8.04. The number of carbonyl (C=O) groups is 2. The second kappa shape index (κ2) is 10.7. The van der Waals surface area contributed by atoms with E-state index in [1.165, 1.54) is 0 Å². The van der Waals surface area contributed by atoms with Crippen LogP contribution in [0.15, 0.2) is 29.3 Å². The minimum absolute atomic E-state index is 0.0437. The molecule has 2 rings (SSSR count). The summed E-state index contributed by atoms with van der Waals surface area (Å²) in [5.74, 6) is 0.583. The highest BCUT2D eigenvalue weighted by Crippen LogP contribution is 2.18. The first-order valence-corrected chi connectivity index (χ1v) is 10.2. The van der Waals surface area contributed by atoms with Crippen LogP contribution in [-0.2, 0) is 16.0 Å². The number of amides is 2. The Kier molecular flexibility index (Phi) is 8.30. The summed E-state index contributed by atoms with van der Waals surface area (Å²) in [6.07, 6.45) is 2.45. The predicted molar refractivity (Wildman–Crippen MR) is 115 cm³/mol. The van der Waals surface area contributed by atoms with E-state index in [4.69, 9.17) is 4.74 Å². The number of nitrogens with one attached hydrogen (secondary N) is 4. The molecular formula is C21H33N5O3. The summed E-state index contributed by atoms with van der Waals surface area (Å²) >= 11 is 0. The summed E-state index contributed by atoms with van der Waals surface area (Å²) in [6.45, 7) is 8.98. The molecule has 0 aliphatic heterocycles. The van der Waals surface area contributed by atoms with E-state index in [2.05, 4.69) is 26.3 Å². The molecule has 0 bridgehead atoms. The number of ether oxygens (including phenoxy) is 1. The summed E-state index contributed by atoms with van der Waals surface area (Å²) < 4.78 is 5.24. The predicted octanol–water partition coefficient (Wildman–Crippen LogP) is 2.41. The molecule has 0 heterocycles. The Bertz CT molecular complexity index is 706. The van der Waals surface area contributed by atoms with Gasteiger partial charge in [0.1, 0.15) is 12.1 Å². The van der Waals surface area contributed by atoms with E-state index in [1.54, 1.807) is 0 Å². The molecule has 29 heavy (non-hydrogen) atoms. The van der Waals surface area contributed by atoms with Crippen LogP contribution in [-0.4, -0.2) is 49.2 Å². The van der Waals surface area contributed by atoms with Crippen LogP contribution in [0, 0.1) is 0 Å². The average molecular weight is 404 g/mol. The molecule has 1 aliphatic carbocycles. The van der Waals surface area contributed by atoms with Gasteiger partial charge in [0.05, 0.1) is 0 Å². The number of rotatable bonds is 8. The van der Waals surface area contributed by atoms with Crippen LogP contribution in [0.2, 0.25) is 0 Å². The molecule has 0 radical (unpaired) electrons. The van der Waals surface area contributed by atoms with Crippen molar-refractivity contribution < 1.29 is 14.3 Å². The molecule has 1 fully saturated rings. The van der Waals surface area contributed by atoms with Crippen LogP contribution in [0.3, 0.4) is 0 Å². The Balaban J connectivity index is 1.75. The highest BCUT2D eigenvalue weighted by atomic mass is 16.6. The molecule has 0 unspecified atom stereocenters. The van der Waals surface area contributed by atoms with Gasteiger partial charge in [-0.1, -0.05) is 12.1 Å². The molecular weight excluding hydrogens is 370 g/mol. The van der Waals surface area contributed by atoms with Gasteiger partial charge < -0.3 is 20.7 Å². The first kappa shape index (κ1) is 22.5. The van der Waals surface area contributed by atoms with Crippen LogP contribution < -0.4 is 21.3 Å². The molecule has 1 aliphatic rings. The molecule has 1 aromatic carbocycles. The number of benzene rings is 1. The van der Waals surface area contributed by atoms with Crippen molar-refractivity contribution in [3.05, 3.63) is 29.8 Å². The first-order chi connectivity index (χ1) is 13.7. The summed E-state index contributed by atoms with van der Waals surface area (Å²) in [6, 6.07) is 7.96. The maximum Gasteiger partial charge on any atom is 0.412 e. The summed E-state index contributed by atoms with van der Waals surface area (Å²) in [5.41, 5.74) is 1.28. The van der Waals surface area contributed by atoms with Crippen molar-refractivity contribution in [2.75, 3.05) is 25.0 Å². The van der Waals surface area contributed by atoms with Crippen LogP contribution in [0.4, 0.5) is 10.5 Å². The lowest BCUT2D eigenvalue weighted by Gasteiger charge is -2.19. The number of guanidine groups is 1. The molecule has 0 saturated heterocycles. The highest BCUT2D eigenvalue weighted by Gasteiger charge is 2.22. The number of anilines is 1. The van der Waals surface area contributed by atoms with Crippen molar-refractivity contribution >= 4 is 23.6 Å². The van der Waals surface area contributed by atoms with Gasteiger partial charge in [0.2, 0.25) is 5.91 Å². The number of aliphatic imine (C=N–C) groups is 1. The van der Waals surface area contributed by atoms with Crippen molar-refractivity contribution in [1.29, 1.82) is 0 Å². The Morgan fingerprint density at radius 2 is 1.83 bits per heavy atom. The van der Waals surface area contributed by atoms with Gasteiger partial charge in [-0.3, -0.25) is 10.1 Å². The van der Waals surface area contributed by atoms with E-state index in [1.807, 2.05) is 52.0 Å². The Morgan fingerprint density at radius 3 is 2.41 bits per heavy atom. The Labute approximate surface area is 172 Å². The molecule has 1 saturated carbocycles. The average Bonchev–Trinajstić information content (AvgIpc) is 3.43. The van der Waals surface area contributed by atoms with Gasteiger partial charge in [-0.25, -0.2) is 9.79 Å². The van der Waals surface area contributed by atoms with E-state index in [0.717, 1.165) is 31.4 Å². The van der Waals surface area contributed by atoms with Crippen molar-refractivity contribution in [3.63, 3.8) is 0 Å². The monoisotopic (exact) mass is 403 g/mol. The van der Waals surface area contributed by atoms with E-state index in [-0.39, 0.29) is 12.5 Å². The molecule has 8 nitrogen and oxygen atoms in total. The van der Waals surface area contributed by atoms with E-state index < -0.39 is 11.7 Å². The number of carbonyl (C=O) groups excluding carboxylic acids is 2. The molecule has 160 valence electrons. The van der Waals surface area contributed by atoms with E-state index in [0.29, 0.717) is 24.2 Å². The number of nitrogens with zero attached hydrogens (tertiary/aromatic N) is 1. The van der Waals surface area contributed by atoms with Gasteiger partial charge in [0.25, 0.3) is 0 Å². The van der Waals surface area contributed by atoms with E-state index >= 15 is 0 Å². The van der Waals surface area contributed by atoms with Crippen molar-refractivity contribution in [2.45, 2.75) is 58.6 Å². The normalized spacial score (nSPS) is 14.1. The fourth-order valence-corrected chi connectivity index (χ4v) is 2.50. The fraction of sp³-hybridized carbons (Fsp3) is 0.571. The first-order valence-electron chi connectivity index (χ1n) is 10.2. The third-order valence-electron chi connectivity index (χ3n) is 3.97. The second-order valence-electron chi connectivity index (χ2n) is 8.04. The molecule has 2 amide bonds. The van der Waals surface area contributed by atoms with Gasteiger partial charge in [-0.2, -0.15) is 0 Å². The summed E-state index contributed by atoms with van der Waals surface area (Å²) in [5, 5.41) is 12.0. The quantitative estimate of drug-likeness (QED) is 0.394. The van der Waals surface area contributed by atoms with Crippen molar-refractivity contribution in [1.82, 2.24) is 16.0 Å². The van der Waals surface area contributed by atoms with E-state index in [9.17, 15) is 9.59 Å². The topological polar surface area (TPSA) is 104 Å². The third kappa shape index (κ3) is 9.82.